The largest absolute Gasteiger partial charge is 0.374 e. The predicted octanol–water partition coefficient (Wildman–Crippen LogP) is 1.55. The molecular formula is C10H10N2. The summed E-state index contributed by atoms with van der Waals surface area (Å²) in [6.45, 7) is 1.07. The van der Waals surface area contributed by atoms with E-state index in [1.165, 1.54) is 11.3 Å². The Morgan fingerprint density at radius 1 is 1.50 bits per heavy atom. The van der Waals surface area contributed by atoms with Crippen molar-refractivity contribution < 1.29 is 0 Å². The highest BCUT2D eigenvalue weighted by Gasteiger charge is 2.14. The van der Waals surface area contributed by atoms with E-state index in [4.69, 9.17) is 5.26 Å². The summed E-state index contributed by atoms with van der Waals surface area (Å²) in [6, 6.07) is 8.05. The number of hydrogen-bond donors (Lipinski definition) is 0. The van der Waals surface area contributed by atoms with Gasteiger partial charge in [-0.3, -0.25) is 0 Å². The maximum Gasteiger partial charge on any atom is 0.0992 e. The van der Waals surface area contributed by atoms with Crippen LogP contribution in [-0.2, 0) is 6.42 Å². The standard InChI is InChI=1S/C10H10N2/c1-12-5-4-9-3-2-8(7-11)6-10(9)12/h2-3,6H,4-5H2,1H3. The van der Waals surface area contributed by atoms with Crippen LogP contribution in [0, 0.1) is 11.3 Å². The second-order valence-corrected chi connectivity index (χ2v) is 3.13. The van der Waals surface area contributed by atoms with Crippen molar-refractivity contribution >= 4 is 5.69 Å². The Morgan fingerprint density at radius 3 is 3.08 bits per heavy atom. The van der Waals surface area contributed by atoms with Crippen LogP contribution >= 0.6 is 0 Å². The molecule has 12 heavy (non-hydrogen) atoms. The summed E-state index contributed by atoms with van der Waals surface area (Å²) in [7, 11) is 2.06. The van der Waals surface area contributed by atoms with Gasteiger partial charge in [-0.25, -0.2) is 0 Å². The Hall–Kier alpha value is -1.49. The van der Waals surface area contributed by atoms with Gasteiger partial charge in [-0.05, 0) is 24.1 Å². The predicted molar refractivity (Wildman–Crippen MR) is 48.1 cm³/mol. The lowest BCUT2D eigenvalue weighted by atomic mass is 10.1. The molecule has 0 bridgehead atoms. The van der Waals surface area contributed by atoms with E-state index in [1.54, 1.807) is 0 Å². The lowest BCUT2D eigenvalue weighted by molar-refractivity contribution is 0.956. The third-order valence-corrected chi connectivity index (χ3v) is 2.34. The highest BCUT2D eigenvalue weighted by atomic mass is 15.1. The lowest BCUT2D eigenvalue weighted by Gasteiger charge is -2.11. The fraction of sp³-hybridized carbons (Fsp3) is 0.300. The first-order valence-electron chi connectivity index (χ1n) is 4.05. The monoisotopic (exact) mass is 158 g/mol. The Balaban J connectivity index is 2.52. The zero-order valence-corrected chi connectivity index (χ0v) is 7.04. The molecule has 0 saturated heterocycles. The van der Waals surface area contributed by atoms with Gasteiger partial charge in [-0.2, -0.15) is 5.26 Å². The summed E-state index contributed by atoms with van der Waals surface area (Å²) < 4.78 is 0. The van der Waals surface area contributed by atoms with E-state index >= 15 is 0 Å². The zero-order chi connectivity index (χ0) is 8.55. The molecule has 1 aromatic carbocycles. The van der Waals surface area contributed by atoms with Gasteiger partial charge in [0.2, 0.25) is 0 Å². The molecule has 1 aliphatic rings. The molecule has 0 spiro atoms. The van der Waals surface area contributed by atoms with E-state index in [1.807, 2.05) is 12.1 Å². The van der Waals surface area contributed by atoms with Crippen LogP contribution in [-0.4, -0.2) is 13.6 Å². The van der Waals surface area contributed by atoms with Crippen molar-refractivity contribution in [1.82, 2.24) is 0 Å². The Labute approximate surface area is 72.0 Å². The first kappa shape index (κ1) is 7.17. The lowest BCUT2D eigenvalue weighted by Crippen LogP contribution is -2.12. The fourth-order valence-electron chi connectivity index (χ4n) is 1.61. The molecule has 2 rings (SSSR count). The quantitative estimate of drug-likeness (QED) is 0.572. The molecule has 2 heteroatoms. The van der Waals surface area contributed by atoms with Crippen LogP contribution in [0.4, 0.5) is 5.69 Å². The molecule has 1 heterocycles. The SMILES string of the molecule is CN1CCc2ccc(C#N)cc21. The topological polar surface area (TPSA) is 27.0 Å². The number of benzene rings is 1. The number of likely N-dealkylation sites (N-methyl/N-ethyl adjacent to an activating group) is 1. The second-order valence-electron chi connectivity index (χ2n) is 3.13. The van der Waals surface area contributed by atoms with Gasteiger partial charge in [0.1, 0.15) is 0 Å². The molecule has 1 aliphatic heterocycles. The number of nitriles is 1. The van der Waals surface area contributed by atoms with Gasteiger partial charge in [-0.1, -0.05) is 6.07 Å². The fourth-order valence-corrected chi connectivity index (χ4v) is 1.61. The summed E-state index contributed by atoms with van der Waals surface area (Å²) in [5, 5.41) is 8.69. The molecular weight excluding hydrogens is 148 g/mol. The average molecular weight is 158 g/mol. The van der Waals surface area contributed by atoms with Crippen LogP contribution in [0.25, 0.3) is 0 Å². The minimum atomic E-state index is 0.752. The molecule has 2 nitrogen and oxygen atoms in total. The maximum absolute atomic E-state index is 8.69. The van der Waals surface area contributed by atoms with E-state index in [0.29, 0.717) is 0 Å². The molecule has 0 N–H and O–H groups in total. The molecule has 0 unspecified atom stereocenters. The number of hydrogen-bond acceptors (Lipinski definition) is 2. The van der Waals surface area contributed by atoms with Gasteiger partial charge >= 0.3 is 0 Å². The van der Waals surface area contributed by atoms with Crippen molar-refractivity contribution in [2.75, 3.05) is 18.5 Å². The van der Waals surface area contributed by atoms with Gasteiger partial charge in [0.25, 0.3) is 0 Å². The van der Waals surface area contributed by atoms with Crippen LogP contribution < -0.4 is 4.90 Å². The van der Waals surface area contributed by atoms with Crippen molar-refractivity contribution in [3.8, 4) is 6.07 Å². The molecule has 0 radical (unpaired) electrons. The zero-order valence-electron chi connectivity index (χ0n) is 7.04. The summed E-state index contributed by atoms with van der Waals surface area (Å²) in [5.74, 6) is 0. The summed E-state index contributed by atoms with van der Waals surface area (Å²) in [5.41, 5.74) is 3.33. The summed E-state index contributed by atoms with van der Waals surface area (Å²) in [6.07, 6.45) is 1.11. The van der Waals surface area contributed by atoms with Gasteiger partial charge in [0.05, 0.1) is 11.6 Å². The van der Waals surface area contributed by atoms with E-state index in [-0.39, 0.29) is 0 Å². The van der Waals surface area contributed by atoms with E-state index < -0.39 is 0 Å². The number of rotatable bonds is 0. The van der Waals surface area contributed by atoms with E-state index in [9.17, 15) is 0 Å². The maximum atomic E-state index is 8.69. The second kappa shape index (κ2) is 2.53. The highest BCUT2D eigenvalue weighted by molar-refractivity contribution is 5.60. The first-order valence-corrected chi connectivity index (χ1v) is 4.05. The molecule has 0 aliphatic carbocycles. The van der Waals surface area contributed by atoms with Crippen molar-refractivity contribution in [2.45, 2.75) is 6.42 Å². The van der Waals surface area contributed by atoms with E-state index in [2.05, 4.69) is 24.1 Å². The minimum Gasteiger partial charge on any atom is -0.374 e. The third kappa shape index (κ3) is 0.947. The van der Waals surface area contributed by atoms with Crippen molar-refractivity contribution in [1.29, 1.82) is 5.26 Å². The van der Waals surface area contributed by atoms with Gasteiger partial charge in [0.15, 0.2) is 0 Å². The molecule has 0 saturated carbocycles. The molecule has 0 amide bonds. The van der Waals surface area contributed by atoms with Gasteiger partial charge in [0, 0.05) is 19.3 Å². The normalized spacial score (nSPS) is 14.2. The average Bonchev–Trinajstić information content (AvgIpc) is 2.47. The highest BCUT2D eigenvalue weighted by Crippen LogP contribution is 2.27. The molecule has 60 valence electrons. The van der Waals surface area contributed by atoms with Crippen LogP contribution in [0.3, 0.4) is 0 Å². The number of nitrogens with zero attached hydrogens (tertiary/aromatic N) is 2. The number of fused-ring (bicyclic) bond motifs is 1. The Kier molecular flexibility index (Phi) is 1.51. The van der Waals surface area contributed by atoms with Crippen molar-refractivity contribution in [3.05, 3.63) is 29.3 Å². The third-order valence-electron chi connectivity index (χ3n) is 2.34. The Morgan fingerprint density at radius 2 is 2.33 bits per heavy atom. The first-order chi connectivity index (χ1) is 5.81. The van der Waals surface area contributed by atoms with E-state index in [0.717, 1.165) is 18.5 Å². The minimum absolute atomic E-state index is 0.752. The summed E-state index contributed by atoms with van der Waals surface area (Å²) in [4.78, 5) is 2.19. The summed E-state index contributed by atoms with van der Waals surface area (Å²) >= 11 is 0. The van der Waals surface area contributed by atoms with Gasteiger partial charge in [-0.15, -0.1) is 0 Å². The van der Waals surface area contributed by atoms with Crippen LogP contribution in [0.2, 0.25) is 0 Å². The smallest absolute Gasteiger partial charge is 0.0992 e. The van der Waals surface area contributed by atoms with Crippen molar-refractivity contribution in [3.63, 3.8) is 0 Å². The molecule has 0 atom stereocenters. The van der Waals surface area contributed by atoms with Crippen LogP contribution in [0.5, 0.6) is 0 Å². The van der Waals surface area contributed by atoms with Crippen LogP contribution in [0.15, 0.2) is 18.2 Å². The van der Waals surface area contributed by atoms with Gasteiger partial charge < -0.3 is 4.90 Å². The molecule has 0 aromatic heterocycles. The van der Waals surface area contributed by atoms with Crippen LogP contribution in [0.1, 0.15) is 11.1 Å². The Bertz CT molecular complexity index is 349. The molecule has 0 fully saturated rings. The molecule has 1 aromatic rings. The number of anilines is 1. The van der Waals surface area contributed by atoms with Crippen molar-refractivity contribution in [2.24, 2.45) is 0 Å².